The van der Waals surface area contributed by atoms with Gasteiger partial charge in [0.05, 0.1) is 0 Å². The third-order valence-electron chi connectivity index (χ3n) is 1.45. The Labute approximate surface area is 72.8 Å². The molecule has 1 unspecified atom stereocenters. The molecule has 0 aliphatic rings. The van der Waals surface area contributed by atoms with Crippen molar-refractivity contribution in [1.29, 1.82) is 0 Å². The lowest BCUT2D eigenvalue weighted by Gasteiger charge is -1.99. The predicted molar refractivity (Wildman–Crippen MR) is 46.3 cm³/mol. The second kappa shape index (κ2) is 3.44. The van der Waals surface area contributed by atoms with Crippen LogP contribution in [-0.2, 0) is 0 Å². The SMILES string of the molecule is CCC(C)c1nnc(Br)s1. The lowest BCUT2D eigenvalue weighted by molar-refractivity contribution is 0.714. The number of hydrogen-bond acceptors (Lipinski definition) is 3. The molecule has 0 bridgehead atoms. The van der Waals surface area contributed by atoms with E-state index in [0.717, 1.165) is 15.3 Å². The Hall–Kier alpha value is 0.0400. The van der Waals surface area contributed by atoms with Gasteiger partial charge in [0.2, 0.25) is 0 Å². The molecule has 1 aromatic heterocycles. The minimum atomic E-state index is 0.545. The molecule has 0 aliphatic heterocycles. The smallest absolute Gasteiger partial charge is 0.142 e. The van der Waals surface area contributed by atoms with E-state index in [1.54, 1.807) is 11.3 Å². The van der Waals surface area contributed by atoms with Crippen molar-refractivity contribution in [2.24, 2.45) is 0 Å². The Kier molecular flexibility index (Phi) is 2.80. The molecule has 2 nitrogen and oxygen atoms in total. The van der Waals surface area contributed by atoms with Gasteiger partial charge in [-0.3, -0.25) is 0 Å². The van der Waals surface area contributed by atoms with Gasteiger partial charge in [-0.25, -0.2) is 0 Å². The zero-order valence-electron chi connectivity index (χ0n) is 5.97. The highest BCUT2D eigenvalue weighted by Gasteiger charge is 2.07. The standard InChI is InChI=1S/C6H9BrN2S/c1-3-4(2)5-8-9-6(7)10-5/h4H,3H2,1-2H3. The van der Waals surface area contributed by atoms with Crippen LogP contribution in [0.5, 0.6) is 0 Å². The first-order valence-electron chi connectivity index (χ1n) is 3.23. The van der Waals surface area contributed by atoms with Crippen LogP contribution in [0.1, 0.15) is 31.2 Å². The largest absolute Gasteiger partial charge is 0.183 e. The fourth-order valence-corrected chi connectivity index (χ4v) is 1.87. The molecule has 0 N–H and O–H groups in total. The first-order valence-corrected chi connectivity index (χ1v) is 4.84. The number of rotatable bonds is 2. The summed E-state index contributed by atoms with van der Waals surface area (Å²) in [4.78, 5) is 0. The molecule has 0 spiro atoms. The average molecular weight is 221 g/mol. The molecular weight excluding hydrogens is 212 g/mol. The van der Waals surface area contributed by atoms with Crippen LogP contribution in [0.25, 0.3) is 0 Å². The third kappa shape index (κ3) is 1.76. The number of nitrogens with zero attached hydrogens (tertiary/aromatic N) is 2. The van der Waals surface area contributed by atoms with Crippen molar-refractivity contribution >= 4 is 27.3 Å². The highest BCUT2D eigenvalue weighted by molar-refractivity contribution is 9.11. The minimum Gasteiger partial charge on any atom is -0.142 e. The molecule has 1 aromatic rings. The van der Waals surface area contributed by atoms with Crippen LogP contribution in [0, 0.1) is 0 Å². The number of halogens is 1. The van der Waals surface area contributed by atoms with Crippen molar-refractivity contribution in [3.8, 4) is 0 Å². The van der Waals surface area contributed by atoms with Crippen LogP contribution in [0.2, 0.25) is 0 Å². The van der Waals surface area contributed by atoms with Crippen molar-refractivity contribution in [3.05, 3.63) is 8.92 Å². The molecule has 0 fully saturated rings. The van der Waals surface area contributed by atoms with Crippen molar-refractivity contribution in [2.75, 3.05) is 0 Å². The number of aromatic nitrogens is 2. The van der Waals surface area contributed by atoms with Crippen LogP contribution in [-0.4, -0.2) is 10.2 Å². The average Bonchev–Trinajstić information content (AvgIpc) is 2.34. The Morgan fingerprint density at radius 2 is 2.30 bits per heavy atom. The molecule has 1 atom stereocenters. The van der Waals surface area contributed by atoms with Crippen molar-refractivity contribution in [3.63, 3.8) is 0 Å². The summed E-state index contributed by atoms with van der Waals surface area (Å²) in [5, 5.41) is 9.00. The lowest BCUT2D eigenvalue weighted by Crippen LogP contribution is -1.88. The Bertz CT molecular complexity index is 211. The van der Waals surface area contributed by atoms with Crippen LogP contribution in [0.4, 0.5) is 0 Å². The summed E-state index contributed by atoms with van der Waals surface area (Å²) in [6.07, 6.45) is 1.13. The molecule has 1 rings (SSSR count). The minimum absolute atomic E-state index is 0.545. The summed E-state index contributed by atoms with van der Waals surface area (Å²) >= 11 is 4.89. The Morgan fingerprint density at radius 3 is 2.70 bits per heavy atom. The van der Waals surface area contributed by atoms with E-state index >= 15 is 0 Å². The topological polar surface area (TPSA) is 25.8 Å². The molecule has 4 heteroatoms. The zero-order chi connectivity index (χ0) is 7.56. The number of hydrogen-bond donors (Lipinski definition) is 0. The van der Waals surface area contributed by atoms with Crippen LogP contribution < -0.4 is 0 Å². The first kappa shape index (κ1) is 8.14. The van der Waals surface area contributed by atoms with Gasteiger partial charge in [0.1, 0.15) is 5.01 Å². The lowest BCUT2D eigenvalue weighted by atomic mass is 10.1. The summed E-state index contributed by atoms with van der Waals surface area (Å²) in [6, 6.07) is 0. The maximum absolute atomic E-state index is 4.01. The molecule has 0 aromatic carbocycles. The van der Waals surface area contributed by atoms with E-state index in [-0.39, 0.29) is 0 Å². The van der Waals surface area contributed by atoms with E-state index in [4.69, 9.17) is 0 Å². The van der Waals surface area contributed by atoms with Gasteiger partial charge in [-0.2, -0.15) is 0 Å². The molecule has 1 heterocycles. The second-order valence-electron chi connectivity index (χ2n) is 2.20. The quantitative estimate of drug-likeness (QED) is 0.767. The first-order chi connectivity index (χ1) is 4.74. The summed E-state index contributed by atoms with van der Waals surface area (Å²) in [5.74, 6) is 0.545. The normalized spacial score (nSPS) is 13.5. The summed E-state index contributed by atoms with van der Waals surface area (Å²) in [7, 11) is 0. The van der Waals surface area contributed by atoms with Gasteiger partial charge in [0.15, 0.2) is 3.92 Å². The molecule has 0 aliphatic carbocycles. The predicted octanol–water partition coefficient (Wildman–Crippen LogP) is 2.81. The highest BCUT2D eigenvalue weighted by atomic mass is 79.9. The molecule has 0 saturated carbocycles. The molecule has 0 radical (unpaired) electrons. The Morgan fingerprint density at radius 1 is 1.60 bits per heavy atom. The molecular formula is C6H9BrN2S. The summed E-state index contributed by atoms with van der Waals surface area (Å²) in [6.45, 7) is 4.31. The van der Waals surface area contributed by atoms with E-state index in [9.17, 15) is 0 Å². The summed E-state index contributed by atoms with van der Waals surface area (Å²) < 4.78 is 0.878. The van der Waals surface area contributed by atoms with Gasteiger partial charge in [0, 0.05) is 5.92 Å². The molecule has 0 saturated heterocycles. The highest BCUT2D eigenvalue weighted by Crippen LogP contribution is 2.24. The molecule has 0 amide bonds. The van der Waals surface area contributed by atoms with Gasteiger partial charge >= 0.3 is 0 Å². The van der Waals surface area contributed by atoms with E-state index in [2.05, 4.69) is 40.0 Å². The van der Waals surface area contributed by atoms with E-state index in [0.29, 0.717) is 5.92 Å². The molecule has 10 heavy (non-hydrogen) atoms. The van der Waals surface area contributed by atoms with Gasteiger partial charge in [-0.1, -0.05) is 25.2 Å². The molecule has 56 valence electrons. The van der Waals surface area contributed by atoms with Crippen LogP contribution in [0.3, 0.4) is 0 Å². The van der Waals surface area contributed by atoms with Gasteiger partial charge in [-0.05, 0) is 22.4 Å². The van der Waals surface area contributed by atoms with Gasteiger partial charge < -0.3 is 0 Å². The van der Waals surface area contributed by atoms with Crippen LogP contribution >= 0.6 is 27.3 Å². The Balaban J connectivity index is 2.74. The van der Waals surface area contributed by atoms with Gasteiger partial charge in [-0.15, -0.1) is 10.2 Å². The third-order valence-corrected chi connectivity index (χ3v) is 3.04. The van der Waals surface area contributed by atoms with Gasteiger partial charge in [0.25, 0.3) is 0 Å². The maximum atomic E-state index is 4.01. The van der Waals surface area contributed by atoms with E-state index in [1.807, 2.05) is 0 Å². The summed E-state index contributed by atoms with van der Waals surface area (Å²) in [5.41, 5.74) is 0. The van der Waals surface area contributed by atoms with E-state index < -0.39 is 0 Å². The van der Waals surface area contributed by atoms with E-state index in [1.165, 1.54) is 0 Å². The monoisotopic (exact) mass is 220 g/mol. The van der Waals surface area contributed by atoms with Crippen molar-refractivity contribution < 1.29 is 0 Å². The maximum Gasteiger partial charge on any atom is 0.183 e. The zero-order valence-corrected chi connectivity index (χ0v) is 8.37. The fraction of sp³-hybridized carbons (Fsp3) is 0.667. The van der Waals surface area contributed by atoms with Crippen LogP contribution in [0.15, 0.2) is 3.92 Å². The second-order valence-corrected chi connectivity index (χ2v) is 4.49. The van der Waals surface area contributed by atoms with Crippen molar-refractivity contribution in [1.82, 2.24) is 10.2 Å². The fourth-order valence-electron chi connectivity index (χ4n) is 0.589. The van der Waals surface area contributed by atoms with Crippen molar-refractivity contribution in [2.45, 2.75) is 26.2 Å².